The van der Waals surface area contributed by atoms with E-state index in [0.717, 1.165) is 61.8 Å². The highest BCUT2D eigenvalue weighted by Crippen LogP contribution is 2.28. The van der Waals surface area contributed by atoms with Crippen molar-refractivity contribution in [1.29, 1.82) is 0 Å². The topological polar surface area (TPSA) is 62.0 Å². The molecule has 0 unspecified atom stereocenters. The number of benzene rings is 2. The molecule has 6 nitrogen and oxygen atoms in total. The molecule has 4 rings (SSSR count). The van der Waals surface area contributed by atoms with E-state index in [4.69, 9.17) is 21.4 Å². The van der Waals surface area contributed by atoms with E-state index in [1.54, 1.807) is 0 Å². The highest BCUT2D eigenvalue weighted by molar-refractivity contribution is 7.80. The predicted octanol–water partition coefficient (Wildman–Crippen LogP) is 3.11. The number of fused-ring (bicyclic) bond motifs is 3. The second-order valence-corrected chi connectivity index (χ2v) is 7.24. The summed E-state index contributed by atoms with van der Waals surface area (Å²) in [5, 5.41) is 11.5. The van der Waals surface area contributed by atoms with Gasteiger partial charge in [-0.05, 0) is 42.0 Å². The Kier molecular flexibility index (Phi) is 5.85. The lowest BCUT2D eigenvalue weighted by Gasteiger charge is -2.26. The van der Waals surface area contributed by atoms with E-state index in [1.807, 2.05) is 31.2 Å². The van der Waals surface area contributed by atoms with Gasteiger partial charge in [0, 0.05) is 31.6 Å². The second-order valence-electron chi connectivity index (χ2n) is 6.83. The summed E-state index contributed by atoms with van der Waals surface area (Å²) in [6, 6.07) is 14.4. The van der Waals surface area contributed by atoms with Crippen molar-refractivity contribution in [2.75, 3.05) is 39.4 Å². The third kappa shape index (κ3) is 4.32. The Morgan fingerprint density at radius 2 is 1.96 bits per heavy atom. The van der Waals surface area contributed by atoms with Gasteiger partial charge in [-0.25, -0.2) is 0 Å². The van der Waals surface area contributed by atoms with Crippen LogP contribution in [-0.2, 0) is 4.74 Å². The summed E-state index contributed by atoms with van der Waals surface area (Å²) in [7, 11) is 0. The quantitative estimate of drug-likeness (QED) is 0.393. The number of hydrazone groups is 1. The van der Waals surface area contributed by atoms with Crippen molar-refractivity contribution in [3.05, 3.63) is 48.2 Å². The number of morpholine rings is 1. The molecule has 0 radical (unpaired) electrons. The fraction of sp³-hybridized carbons (Fsp3) is 0.333. The highest BCUT2D eigenvalue weighted by atomic mass is 32.1. The van der Waals surface area contributed by atoms with Gasteiger partial charge in [0.05, 0.1) is 13.2 Å². The summed E-state index contributed by atoms with van der Waals surface area (Å²) < 4.78 is 11.3. The van der Waals surface area contributed by atoms with Crippen LogP contribution >= 0.6 is 12.2 Å². The van der Waals surface area contributed by atoms with E-state index >= 15 is 0 Å². The van der Waals surface area contributed by atoms with Crippen molar-refractivity contribution >= 4 is 44.8 Å². The first-order valence-corrected chi connectivity index (χ1v) is 9.91. The fourth-order valence-electron chi connectivity index (χ4n) is 3.35. The lowest BCUT2D eigenvalue weighted by molar-refractivity contribution is 0.0389. The van der Waals surface area contributed by atoms with Crippen LogP contribution < -0.4 is 10.7 Å². The summed E-state index contributed by atoms with van der Waals surface area (Å²) in [5.41, 5.74) is 4.51. The first kappa shape index (κ1) is 18.9. The normalized spacial score (nSPS) is 15.8. The van der Waals surface area contributed by atoms with Gasteiger partial charge in [0.25, 0.3) is 0 Å². The van der Waals surface area contributed by atoms with Crippen LogP contribution in [-0.4, -0.2) is 55.1 Å². The van der Waals surface area contributed by atoms with Gasteiger partial charge < -0.3 is 14.5 Å². The molecule has 2 heterocycles. The largest absolute Gasteiger partial charge is 0.455 e. The standard InChI is InChI=1S/C21H24N4O2S/c1-15(23-24-21(28)22-8-9-25-10-12-26-13-11-25)20-14-18-17-5-3-2-4-16(17)6-7-19(18)27-20/h2-7,14H,8-13H2,1H3,(H2,22,24,28)/b23-15-. The number of hydrogen-bond acceptors (Lipinski definition) is 5. The molecule has 1 aromatic heterocycles. The van der Waals surface area contributed by atoms with Crippen molar-refractivity contribution < 1.29 is 9.15 Å². The van der Waals surface area contributed by atoms with Gasteiger partial charge in [-0.3, -0.25) is 10.3 Å². The van der Waals surface area contributed by atoms with Crippen molar-refractivity contribution in [3.8, 4) is 0 Å². The molecule has 28 heavy (non-hydrogen) atoms. The zero-order valence-corrected chi connectivity index (χ0v) is 16.7. The molecule has 1 fully saturated rings. The van der Waals surface area contributed by atoms with Crippen molar-refractivity contribution in [3.63, 3.8) is 0 Å². The first-order chi connectivity index (χ1) is 13.7. The second kappa shape index (κ2) is 8.68. The molecular formula is C21H24N4O2S. The van der Waals surface area contributed by atoms with Gasteiger partial charge in [-0.2, -0.15) is 5.10 Å². The molecule has 0 bridgehead atoms. The van der Waals surface area contributed by atoms with Gasteiger partial charge in [0.2, 0.25) is 0 Å². The minimum absolute atomic E-state index is 0.508. The summed E-state index contributed by atoms with van der Waals surface area (Å²) in [4.78, 5) is 2.35. The van der Waals surface area contributed by atoms with Crippen molar-refractivity contribution in [2.45, 2.75) is 6.92 Å². The molecule has 0 atom stereocenters. The SMILES string of the molecule is C/C(=N/NC(=S)NCCN1CCOCC1)c1cc2c(ccc3ccccc32)o1. The molecule has 3 aromatic rings. The zero-order chi connectivity index (χ0) is 19.3. The molecular weight excluding hydrogens is 372 g/mol. The Hall–Kier alpha value is -2.48. The molecule has 2 N–H and O–H groups in total. The average Bonchev–Trinajstić information content (AvgIpc) is 3.18. The molecule has 0 saturated carbocycles. The smallest absolute Gasteiger partial charge is 0.187 e. The maximum atomic E-state index is 5.98. The number of nitrogens with zero attached hydrogens (tertiary/aromatic N) is 2. The third-order valence-electron chi connectivity index (χ3n) is 4.93. The summed E-state index contributed by atoms with van der Waals surface area (Å²) in [5.74, 6) is 0.731. The van der Waals surface area contributed by atoms with Gasteiger partial charge in [-0.1, -0.05) is 30.3 Å². The number of furan rings is 1. The maximum Gasteiger partial charge on any atom is 0.187 e. The van der Waals surface area contributed by atoms with E-state index in [1.165, 1.54) is 10.8 Å². The average molecular weight is 397 g/mol. The Morgan fingerprint density at radius 3 is 2.82 bits per heavy atom. The Labute approximate surface area is 169 Å². The van der Waals surface area contributed by atoms with E-state index in [9.17, 15) is 0 Å². The molecule has 1 aliphatic rings. The number of thiocarbonyl (C=S) groups is 1. The highest BCUT2D eigenvalue weighted by Gasteiger charge is 2.11. The van der Waals surface area contributed by atoms with Gasteiger partial charge in [-0.15, -0.1) is 0 Å². The third-order valence-corrected chi connectivity index (χ3v) is 5.16. The van der Waals surface area contributed by atoms with Crippen molar-refractivity contribution in [2.24, 2.45) is 5.10 Å². The van der Waals surface area contributed by atoms with E-state index in [0.29, 0.717) is 5.11 Å². The van der Waals surface area contributed by atoms with Crippen LogP contribution in [0.1, 0.15) is 12.7 Å². The van der Waals surface area contributed by atoms with Crippen LogP contribution in [0.25, 0.3) is 21.7 Å². The van der Waals surface area contributed by atoms with E-state index < -0.39 is 0 Å². The van der Waals surface area contributed by atoms with Crippen LogP contribution in [0.2, 0.25) is 0 Å². The van der Waals surface area contributed by atoms with Crippen LogP contribution in [0.15, 0.2) is 52.0 Å². The Morgan fingerprint density at radius 1 is 1.14 bits per heavy atom. The van der Waals surface area contributed by atoms with Crippen LogP contribution in [0, 0.1) is 0 Å². The summed E-state index contributed by atoms with van der Waals surface area (Å²) >= 11 is 5.31. The van der Waals surface area contributed by atoms with E-state index in [-0.39, 0.29) is 0 Å². The van der Waals surface area contributed by atoms with Gasteiger partial charge in [0.15, 0.2) is 10.9 Å². The van der Waals surface area contributed by atoms with Crippen LogP contribution in [0.4, 0.5) is 0 Å². The number of ether oxygens (including phenoxy) is 1. The fourth-order valence-corrected chi connectivity index (χ4v) is 3.50. The Balaban J connectivity index is 1.36. The molecule has 1 saturated heterocycles. The van der Waals surface area contributed by atoms with E-state index in [2.05, 4.69) is 38.9 Å². The minimum Gasteiger partial charge on any atom is -0.455 e. The molecule has 2 aromatic carbocycles. The summed E-state index contributed by atoms with van der Waals surface area (Å²) in [6.07, 6.45) is 0. The summed E-state index contributed by atoms with van der Waals surface area (Å²) in [6.45, 7) is 7.17. The Bertz CT molecular complexity index is 1010. The predicted molar refractivity (Wildman–Crippen MR) is 117 cm³/mol. The van der Waals surface area contributed by atoms with Crippen LogP contribution in [0.5, 0.6) is 0 Å². The molecule has 0 amide bonds. The lowest BCUT2D eigenvalue weighted by atomic mass is 10.1. The lowest BCUT2D eigenvalue weighted by Crippen LogP contribution is -2.42. The number of nitrogens with one attached hydrogen (secondary N) is 2. The minimum atomic E-state index is 0.508. The number of hydrogen-bond donors (Lipinski definition) is 2. The first-order valence-electron chi connectivity index (χ1n) is 9.50. The zero-order valence-electron chi connectivity index (χ0n) is 15.9. The molecule has 0 aliphatic carbocycles. The number of rotatable bonds is 5. The molecule has 7 heteroatoms. The monoisotopic (exact) mass is 396 g/mol. The van der Waals surface area contributed by atoms with Gasteiger partial charge in [0.1, 0.15) is 11.3 Å². The van der Waals surface area contributed by atoms with Crippen LogP contribution in [0.3, 0.4) is 0 Å². The van der Waals surface area contributed by atoms with Crippen molar-refractivity contribution in [1.82, 2.24) is 15.6 Å². The molecule has 146 valence electrons. The molecule has 0 spiro atoms. The van der Waals surface area contributed by atoms with Gasteiger partial charge >= 0.3 is 0 Å². The maximum absolute atomic E-state index is 5.98. The molecule has 1 aliphatic heterocycles.